The highest BCUT2D eigenvalue weighted by molar-refractivity contribution is 6.36. The van der Waals surface area contributed by atoms with Crippen LogP contribution >= 0.6 is 23.2 Å². The molecule has 0 saturated carbocycles. The van der Waals surface area contributed by atoms with Crippen molar-refractivity contribution >= 4 is 35.0 Å². The van der Waals surface area contributed by atoms with Gasteiger partial charge in [0.2, 0.25) is 11.8 Å². The molecule has 184 valence electrons. The Morgan fingerprint density at radius 1 is 0.914 bits per heavy atom. The highest BCUT2D eigenvalue weighted by Gasteiger charge is 2.31. The van der Waals surface area contributed by atoms with Gasteiger partial charge in [-0.15, -0.1) is 0 Å². The normalized spacial score (nSPS) is 11.7. The number of hydrogen-bond acceptors (Lipinski definition) is 2. The van der Waals surface area contributed by atoms with Crippen molar-refractivity contribution in [3.63, 3.8) is 0 Å². The van der Waals surface area contributed by atoms with E-state index in [1.54, 1.807) is 23.1 Å². The highest BCUT2D eigenvalue weighted by Crippen LogP contribution is 2.26. The second kappa shape index (κ2) is 13.3. The van der Waals surface area contributed by atoms with Gasteiger partial charge in [0, 0.05) is 29.6 Å². The van der Waals surface area contributed by atoms with Gasteiger partial charge < -0.3 is 10.2 Å². The minimum absolute atomic E-state index is 0.0118. The van der Waals surface area contributed by atoms with Crippen LogP contribution in [0.2, 0.25) is 10.0 Å². The number of carbonyl (C=O) groups is 2. The largest absolute Gasteiger partial charge is 0.354 e. The number of carbonyl (C=O) groups excluding carboxylic acids is 2. The van der Waals surface area contributed by atoms with E-state index < -0.39 is 6.04 Å². The predicted molar refractivity (Wildman–Crippen MR) is 144 cm³/mol. The summed E-state index contributed by atoms with van der Waals surface area (Å²) in [6.07, 6.45) is 2.27. The maximum absolute atomic E-state index is 13.8. The Balaban J connectivity index is 1.98. The molecule has 0 spiro atoms. The molecule has 35 heavy (non-hydrogen) atoms. The summed E-state index contributed by atoms with van der Waals surface area (Å²) in [6.45, 7) is 4.97. The zero-order valence-electron chi connectivity index (χ0n) is 20.3. The van der Waals surface area contributed by atoms with E-state index in [0.717, 1.165) is 29.5 Å². The number of nitrogens with one attached hydrogen (secondary N) is 1. The molecule has 0 aliphatic heterocycles. The van der Waals surface area contributed by atoms with Crippen molar-refractivity contribution in [3.8, 4) is 0 Å². The lowest BCUT2D eigenvalue weighted by atomic mass is 10.0. The van der Waals surface area contributed by atoms with Gasteiger partial charge >= 0.3 is 0 Å². The van der Waals surface area contributed by atoms with E-state index in [9.17, 15) is 9.59 Å². The molecule has 0 radical (unpaired) electrons. The number of unbranched alkanes of at least 4 members (excludes halogenated alkanes) is 1. The summed E-state index contributed by atoms with van der Waals surface area (Å²) in [5.41, 5.74) is 3.61. The first-order valence-electron chi connectivity index (χ1n) is 12.0. The number of amides is 2. The van der Waals surface area contributed by atoms with E-state index in [-0.39, 0.29) is 18.2 Å². The summed E-state index contributed by atoms with van der Waals surface area (Å²) < 4.78 is 0. The van der Waals surface area contributed by atoms with Crippen LogP contribution in [-0.2, 0) is 29.0 Å². The Hall–Kier alpha value is -2.82. The number of aryl methyl sites for hydroxylation is 1. The molecule has 1 atom stereocenters. The first-order valence-corrected chi connectivity index (χ1v) is 12.7. The third-order valence-corrected chi connectivity index (χ3v) is 6.63. The van der Waals surface area contributed by atoms with Crippen molar-refractivity contribution in [2.75, 3.05) is 6.54 Å². The van der Waals surface area contributed by atoms with Gasteiger partial charge in [-0.05, 0) is 42.2 Å². The monoisotopic (exact) mass is 510 g/mol. The molecular formula is C29H32Cl2N2O2. The van der Waals surface area contributed by atoms with Crippen molar-refractivity contribution in [1.82, 2.24) is 10.2 Å². The zero-order valence-corrected chi connectivity index (χ0v) is 21.8. The van der Waals surface area contributed by atoms with Crippen LogP contribution in [-0.4, -0.2) is 29.3 Å². The van der Waals surface area contributed by atoms with Gasteiger partial charge in [-0.2, -0.15) is 0 Å². The van der Waals surface area contributed by atoms with Crippen molar-refractivity contribution < 1.29 is 9.59 Å². The Kier molecular flexibility index (Phi) is 10.2. The third-order valence-electron chi connectivity index (χ3n) is 5.93. The first-order chi connectivity index (χ1) is 16.9. The average Bonchev–Trinajstić information content (AvgIpc) is 2.84. The molecule has 1 N–H and O–H groups in total. The van der Waals surface area contributed by atoms with Gasteiger partial charge in [-0.3, -0.25) is 9.59 Å². The summed E-state index contributed by atoms with van der Waals surface area (Å²) >= 11 is 12.8. The van der Waals surface area contributed by atoms with Crippen LogP contribution in [0.1, 0.15) is 42.0 Å². The van der Waals surface area contributed by atoms with Crippen LogP contribution in [0.3, 0.4) is 0 Å². The fraction of sp³-hybridized carbons (Fsp3) is 0.310. The minimum Gasteiger partial charge on any atom is -0.354 e. The maximum atomic E-state index is 13.8. The SMILES string of the molecule is CCCCNC(=O)C(Cc1ccccc1)N(Cc1cccc(C)c1)C(=O)Cc1c(Cl)cccc1Cl. The lowest BCUT2D eigenvalue weighted by molar-refractivity contribution is -0.140. The van der Waals surface area contributed by atoms with E-state index in [1.807, 2.05) is 61.5 Å². The van der Waals surface area contributed by atoms with Crippen LogP contribution in [0, 0.1) is 6.92 Å². The van der Waals surface area contributed by atoms with Crippen molar-refractivity contribution in [3.05, 3.63) is 105 Å². The van der Waals surface area contributed by atoms with E-state index in [2.05, 4.69) is 12.2 Å². The molecule has 3 aromatic rings. The summed E-state index contributed by atoms with van der Waals surface area (Å²) in [7, 11) is 0. The quantitative estimate of drug-likeness (QED) is 0.303. The number of nitrogens with zero attached hydrogens (tertiary/aromatic N) is 1. The van der Waals surface area contributed by atoms with Crippen molar-refractivity contribution in [1.29, 1.82) is 0 Å². The molecule has 0 fully saturated rings. The van der Waals surface area contributed by atoms with Gasteiger partial charge in [0.25, 0.3) is 0 Å². The van der Waals surface area contributed by atoms with Crippen LogP contribution in [0.5, 0.6) is 0 Å². The molecule has 6 heteroatoms. The molecule has 0 aliphatic rings. The molecule has 3 rings (SSSR count). The molecule has 0 aliphatic carbocycles. The van der Waals surface area contributed by atoms with Crippen molar-refractivity contribution in [2.45, 2.75) is 52.1 Å². The molecule has 0 heterocycles. The van der Waals surface area contributed by atoms with Gasteiger partial charge in [-0.25, -0.2) is 0 Å². The summed E-state index contributed by atoms with van der Waals surface area (Å²) in [4.78, 5) is 28.9. The standard InChI is InChI=1S/C29H32Cl2N2O2/c1-3-4-16-32-29(35)27(18-22-11-6-5-7-12-22)33(20-23-13-8-10-21(2)17-23)28(34)19-24-25(30)14-9-15-26(24)31/h5-15,17,27H,3-4,16,18-20H2,1-2H3,(H,32,35). The second-order valence-electron chi connectivity index (χ2n) is 8.74. The Morgan fingerprint density at radius 2 is 1.57 bits per heavy atom. The van der Waals surface area contributed by atoms with Gasteiger partial charge in [-0.1, -0.05) is 103 Å². The van der Waals surface area contributed by atoms with Crippen LogP contribution in [0.15, 0.2) is 72.8 Å². The molecule has 0 aromatic heterocycles. The summed E-state index contributed by atoms with van der Waals surface area (Å²) in [5.74, 6) is -0.360. The van der Waals surface area contributed by atoms with Crippen molar-refractivity contribution in [2.24, 2.45) is 0 Å². The fourth-order valence-electron chi connectivity index (χ4n) is 4.02. The van der Waals surface area contributed by atoms with Crippen LogP contribution in [0.25, 0.3) is 0 Å². The zero-order chi connectivity index (χ0) is 25.2. The third kappa shape index (κ3) is 7.84. The molecule has 0 bridgehead atoms. The number of hydrogen-bond donors (Lipinski definition) is 1. The average molecular weight is 511 g/mol. The molecule has 1 unspecified atom stereocenters. The van der Waals surface area contributed by atoms with Crippen LogP contribution < -0.4 is 5.32 Å². The molecule has 4 nitrogen and oxygen atoms in total. The maximum Gasteiger partial charge on any atom is 0.243 e. The van der Waals surface area contributed by atoms with Gasteiger partial charge in [0.1, 0.15) is 6.04 Å². The predicted octanol–water partition coefficient (Wildman–Crippen LogP) is 6.40. The van der Waals surface area contributed by atoms with Gasteiger partial charge in [0.15, 0.2) is 0 Å². The molecule has 3 aromatic carbocycles. The topological polar surface area (TPSA) is 49.4 Å². The Morgan fingerprint density at radius 3 is 2.23 bits per heavy atom. The second-order valence-corrected chi connectivity index (χ2v) is 9.55. The summed E-state index contributed by atoms with van der Waals surface area (Å²) in [6, 6.07) is 22.3. The van der Waals surface area contributed by atoms with E-state index in [4.69, 9.17) is 23.2 Å². The van der Waals surface area contributed by atoms with Crippen LogP contribution in [0.4, 0.5) is 0 Å². The lowest BCUT2D eigenvalue weighted by Gasteiger charge is -2.32. The Labute approximate surface area is 218 Å². The molecular weight excluding hydrogens is 479 g/mol. The Bertz CT molecular complexity index is 1110. The number of rotatable bonds is 11. The lowest BCUT2D eigenvalue weighted by Crippen LogP contribution is -2.51. The number of halogens is 2. The first kappa shape index (κ1) is 26.8. The molecule has 0 saturated heterocycles. The van der Waals surface area contributed by atoms with E-state index in [0.29, 0.717) is 35.1 Å². The summed E-state index contributed by atoms with van der Waals surface area (Å²) in [5, 5.41) is 3.91. The van der Waals surface area contributed by atoms with E-state index in [1.165, 1.54) is 0 Å². The molecule has 2 amide bonds. The minimum atomic E-state index is -0.677. The number of benzene rings is 3. The van der Waals surface area contributed by atoms with E-state index >= 15 is 0 Å². The highest BCUT2D eigenvalue weighted by atomic mass is 35.5. The fourth-order valence-corrected chi connectivity index (χ4v) is 4.55. The van der Waals surface area contributed by atoms with Gasteiger partial charge in [0.05, 0.1) is 6.42 Å². The smallest absolute Gasteiger partial charge is 0.243 e.